The van der Waals surface area contributed by atoms with E-state index in [1.807, 2.05) is 0 Å². The number of hydrogen-bond donors (Lipinski definition) is 1. The maximum Gasteiger partial charge on any atom is 0.269 e. The minimum absolute atomic E-state index is 0.0163. The number of nitro benzene ring substituents is 2. The average Bonchev–Trinajstić information content (AvgIpc) is 2.78. The zero-order valence-electron chi connectivity index (χ0n) is 16.7. The van der Waals surface area contributed by atoms with Gasteiger partial charge in [-0.15, -0.1) is 0 Å². The van der Waals surface area contributed by atoms with E-state index in [4.69, 9.17) is 4.74 Å². The van der Waals surface area contributed by atoms with Gasteiger partial charge in [0, 0.05) is 24.3 Å². The molecule has 162 valence electrons. The first-order valence-electron chi connectivity index (χ1n) is 9.42. The standard InChI is InChI=1S/C22H18N4O6/c27-22(13-16-4-8-19(9-5-16)25(28)29)24-23-14-18-2-1-3-21(12-18)32-15-17-6-10-20(11-7-17)26(30)31/h1-12,14H,13,15H2,(H,24,27)/b23-14-. The lowest BCUT2D eigenvalue weighted by molar-refractivity contribution is -0.385. The number of rotatable bonds is 9. The molecule has 0 bridgehead atoms. The molecule has 10 heteroatoms. The van der Waals surface area contributed by atoms with Crippen LogP contribution in [0.4, 0.5) is 11.4 Å². The number of hydrazone groups is 1. The number of carbonyl (C=O) groups is 1. The molecule has 3 aromatic rings. The largest absolute Gasteiger partial charge is 0.489 e. The predicted molar refractivity (Wildman–Crippen MR) is 116 cm³/mol. The Morgan fingerprint density at radius 3 is 2.09 bits per heavy atom. The van der Waals surface area contributed by atoms with E-state index in [2.05, 4.69) is 10.5 Å². The van der Waals surface area contributed by atoms with Crippen LogP contribution in [0, 0.1) is 20.2 Å². The SMILES string of the molecule is O=C(Cc1ccc([N+](=O)[O-])cc1)N/N=C\c1cccc(OCc2ccc([N+](=O)[O-])cc2)c1. The summed E-state index contributed by atoms with van der Waals surface area (Å²) < 4.78 is 5.70. The van der Waals surface area contributed by atoms with E-state index >= 15 is 0 Å². The van der Waals surface area contributed by atoms with Crippen LogP contribution in [0.3, 0.4) is 0 Å². The van der Waals surface area contributed by atoms with Gasteiger partial charge < -0.3 is 4.74 Å². The van der Waals surface area contributed by atoms with Crippen LogP contribution in [-0.2, 0) is 17.8 Å². The molecular weight excluding hydrogens is 416 g/mol. The van der Waals surface area contributed by atoms with Crippen LogP contribution in [0.5, 0.6) is 5.75 Å². The molecule has 0 aliphatic heterocycles. The number of benzene rings is 3. The van der Waals surface area contributed by atoms with Crippen molar-refractivity contribution in [2.45, 2.75) is 13.0 Å². The van der Waals surface area contributed by atoms with E-state index in [0.717, 1.165) is 5.56 Å². The number of nitrogens with one attached hydrogen (secondary N) is 1. The van der Waals surface area contributed by atoms with E-state index in [0.29, 0.717) is 16.9 Å². The predicted octanol–water partition coefficient (Wildman–Crippen LogP) is 3.77. The third-order valence-electron chi connectivity index (χ3n) is 4.33. The Morgan fingerprint density at radius 1 is 0.906 bits per heavy atom. The van der Waals surface area contributed by atoms with Crippen molar-refractivity contribution in [1.82, 2.24) is 5.43 Å². The molecule has 1 N–H and O–H groups in total. The number of amides is 1. The Hall–Kier alpha value is -4.60. The molecule has 0 spiro atoms. The van der Waals surface area contributed by atoms with Crippen LogP contribution in [0.15, 0.2) is 77.9 Å². The molecule has 0 aromatic heterocycles. The normalized spacial score (nSPS) is 10.6. The lowest BCUT2D eigenvalue weighted by Gasteiger charge is -2.07. The highest BCUT2D eigenvalue weighted by molar-refractivity contribution is 5.83. The molecule has 0 heterocycles. The third-order valence-corrected chi connectivity index (χ3v) is 4.33. The van der Waals surface area contributed by atoms with Gasteiger partial charge in [0.05, 0.1) is 22.5 Å². The molecule has 0 radical (unpaired) electrons. The summed E-state index contributed by atoms with van der Waals surface area (Å²) in [4.78, 5) is 32.4. The maximum atomic E-state index is 12.0. The number of nitro groups is 2. The van der Waals surface area contributed by atoms with Crippen molar-refractivity contribution < 1.29 is 19.4 Å². The van der Waals surface area contributed by atoms with Crippen molar-refractivity contribution in [2.75, 3.05) is 0 Å². The van der Waals surface area contributed by atoms with Gasteiger partial charge in [0.1, 0.15) is 12.4 Å². The van der Waals surface area contributed by atoms with Gasteiger partial charge in [-0.05, 0) is 41.0 Å². The van der Waals surface area contributed by atoms with Crippen molar-refractivity contribution in [2.24, 2.45) is 5.10 Å². The summed E-state index contributed by atoms with van der Waals surface area (Å²) in [7, 11) is 0. The zero-order chi connectivity index (χ0) is 22.9. The van der Waals surface area contributed by atoms with Crippen LogP contribution < -0.4 is 10.2 Å². The summed E-state index contributed by atoms with van der Waals surface area (Å²) in [6, 6.07) is 18.9. The second-order valence-corrected chi connectivity index (χ2v) is 6.68. The fourth-order valence-electron chi connectivity index (χ4n) is 2.70. The second-order valence-electron chi connectivity index (χ2n) is 6.68. The molecular formula is C22H18N4O6. The second kappa shape index (κ2) is 10.4. The van der Waals surface area contributed by atoms with E-state index < -0.39 is 9.85 Å². The number of hydrogen-bond acceptors (Lipinski definition) is 7. The summed E-state index contributed by atoms with van der Waals surface area (Å²) in [5.41, 5.74) is 4.50. The quantitative estimate of drug-likeness (QED) is 0.309. The Kier molecular flexibility index (Phi) is 7.20. The minimum atomic E-state index is -0.502. The van der Waals surface area contributed by atoms with Crippen molar-refractivity contribution in [1.29, 1.82) is 0 Å². The molecule has 0 saturated heterocycles. The van der Waals surface area contributed by atoms with Crippen LogP contribution in [0.25, 0.3) is 0 Å². The van der Waals surface area contributed by atoms with Crippen LogP contribution in [0.1, 0.15) is 16.7 Å². The first-order chi connectivity index (χ1) is 15.4. The van der Waals surface area contributed by atoms with Crippen molar-refractivity contribution in [3.8, 4) is 5.75 Å². The van der Waals surface area contributed by atoms with E-state index in [1.165, 1.54) is 42.6 Å². The molecule has 0 saturated carbocycles. The summed E-state index contributed by atoms with van der Waals surface area (Å²) >= 11 is 0. The van der Waals surface area contributed by atoms with Gasteiger partial charge in [0.15, 0.2) is 0 Å². The van der Waals surface area contributed by atoms with Gasteiger partial charge in [-0.25, -0.2) is 5.43 Å². The van der Waals surface area contributed by atoms with Gasteiger partial charge in [-0.1, -0.05) is 24.3 Å². The first kappa shape index (κ1) is 22.1. The van der Waals surface area contributed by atoms with Crippen LogP contribution >= 0.6 is 0 Å². The Morgan fingerprint density at radius 2 is 1.50 bits per heavy atom. The molecule has 0 aliphatic carbocycles. The summed E-state index contributed by atoms with van der Waals surface area (Å²) in [5.74, 6) is 0.213. The van der Waals surface area contributed by atoms with Crippen molar-refractivity contribution >= 4 is 23.5 Å². The molecule has 0 aliphatic rings. The molecule has 3 aromatic carbocycles. The highest BCUT2D eigenvalue weighted by Gasteiger charge is 2.07. The number of ether oxygens (including phenoxy) is 1. The lowest BCUT2D eigenvalue weighted by atomic mass is 10.1. The van der Waals surface area contributed by atoms with Crippen LogP contribution in [0.2, 0.25) is 0 Å². The molecule has 1 amide bonds. The first-order valence-corrected chi connectivity index (χ1v) is 9.42. The molecule has 0 fully saturated rings. The molecule has 0 unspecified atom stereocenters. The highest BCUT2D eigenvalue weighted by atomic mass is 16.6. The van der Waals surface area contributed by atoms with E-state index in [-0.39, 0.29) is 30.3 Å². The Bertz CT molecular complexity index is 1140. The van der Waals surface area contributed by atoms with Crippen LogP contribution in [-0.4, -0.2) is 22.0 Å². The average molecular weight is 434 g/mol. The van der Waals surface area contributed by atoms with Crippen molar-refractivity contribution in [3.63, 3.8) is 0 Å². The zero-order valence-corrected chi connectivity index (χ0v) is 16.7. The monoisotopic (exact) mass is 434 g/mol. The Labute approximate surface area is 182 Å². The Balaban J connectivity index is 1.50. The van der Waals surface area contributed by atoms with Crippen molar-refractivity contribution in [3.05, 3.63) is 110 Å². The topological polar surface area (TPSA) is 137 Å². The minimum Gasteiger partial charge on any atom is -0.489 e. The number of non-ortho nitro benzene ring substituents is 2. The van der Waals surface area contributed by atoms with Gasteiger partial charge >= 0.3 is 0 Å². The number of nitrogens with zero attached hydrogens (tertiary/aromatic N) is 3. The fraction of sp³-hybridized carbons (Fsp3) is 0.0909. The smallest absolute Gasteiger partial charge is 0.269 e. The summed E-state index contributed by atoms with van der Waals surface area (Å²) in [6.45, 7) is 0.241. The summed E-state index contributed by atoms with van der Waals surface area (Å²) in [6.07, 6.45) is 1.50. The third kappa shape index (κ3) is 6.46. The molecule has 32 heavy (non-hydrogen) atoms. The van der Waals surface area contributed by atoms with Gasteiger partial charge in [-0.3, -0.25) is 25.0 Å². The fourth-order valence-corrected chi connectivity index (χ4v) is 2.70. The van der Waals surface area contributed by atoms with Gasteiger partial charge in [0.25, 0.3) is 11.4 Å². The van der Waals surface area contributed by atoms with E-state index in [1.54, 1.807) is 36.4 Å². The van der Waals surface area contributed by atoms with Gasteiger partial charge in [0.2, 0.25) is 5.91 Å². The van der Waals surface area contributed by atoms with E-state index in [9.17, 15) is 25.0 Å². The lowest BCUT2D eigenvalue weighted by Crippen LogP contribution is -2.19. The molecule has 3 rings (SSSR count). The highest BCUT2D eigenvalue weighted by Crippen LogP contribution is 2.17. The maximum absolute atomic E-state index is 12.0. The van der Waals surface area contributed by atoms with Gasteiger partial charge in [-0.2, -0.15) is 5.10 Å². The summed E-state index contributed by atoms with van der Waals surface area (Å²) in [5, 5.41) is 25.3. The molecule has 10 nitrogen and oxygen atoms in total. The number of carbonyl (C=O) groups excluding carboxylic acids is 1. The molecule has 0 atom stereocenters.